The lowest BCUT2D eigenvalue weighted by Crippen LogP contribution is -2.41. The maximum Gasteiger partial charge on any atom is 0.240 e. The number of aryl methyl sites for hydroxylation is 1. The van der Waals surface area contributed by atoms with E-state index in [4.69, 9.17) is 5.73 Å². The standard InChI is InChI=1S/C13H21FN2O2S.ClH/c1-9(2)4-12(8-15)16-19(17,18)13-6-10(3)5-11(14)7-13;/h5-7,9,12,16H,4,8,15H2,1-3H3;1H. The summed E-state index contributed by atoms with van der Waals surface area (Å²) in [6.07, 6.45) is 0.643. The first-order valence-corrected chi connectivity index (χ1v) is 7.72. The van der Waals surface area contributed by atoms with Crippen LogP contribution in [0.5, 0.6) is 0 Å². The van der Waals surface area contributed by atoms with Crippen molar-refractivity contribution in [2.75, 3.05) is 6.54 Å². The number of nitrogens with two attached hydrogens (primary N) is 1. The molecule has 0 fully saturated rings. The number of sulfonamides is 1. The zero-order chi connectivity index (χ0) is 14.6. The highest BCUT2D eigenvalue weighted by atomic mass is 35.5. The largest absolute Gasteiger partial charge is 0.329 e. The first-order chi connectivity index (χ1) is 8.74. The highest BCUT2D eigenvalue weighted by Gasteiger charge is 2.20. The van der Waals surface area contributed by atoms with Crippen LogP contribution in [0.4, 0.5) is 4.39 Å². The summed E-state index contributed by atoms with van der Waals surface area (Å²) in [6, 6.07) is 3.40. The third-order valence-electron chi connectivity index (χ3n) is 2.69. The third kappa shape index (κ3) is 5.75. The number of hydrogen-bond donors (Lipinski definition) is 2. The summed E-state index contributed by atoms with van der Waals surface area (Å²) in [6.45, 7) is 5.84. The lowest BCUT2D eigenvalue weighted by Gasteiger charge is -2.19. The molecule has 4 nitrogen and oxygen atoms in total. The van der Waals surface area contributed by atoms with Gasteiger partial charge in [0.1, 0.15) is 5.82 Å². The minimum Gasteiger partial charge on any atom is -0.329 e. The Balaban J connectivity index is 0.00000361. The van der Waals surface area contributed by atoms with E-state index in [0.717, 1.165) is 6.07 Å². The Morgan fingerprint density at radius 1 is 1.30 bits per heavy atom. The second-order valence-electron chi connectivity index (χ2n) is 5.15. The van der Waals surface area contributed by atoms with Crippen LogP contribution in [0.15, 0.2) is 23.1 Å². The van der Waals surface area contributed by atoms with E-state index in [-0.39, 0.29) is 29.9 Å². The smallest absolute Gasteiger partial charge is 0.240 e. The van der Waals surface area contributed by atoms with Gasteiger partial charge in [0.15, 0.2) is 0 Å². The van der Waals surface area contributed by atoms with Gasteiger partial charge in [-0.3, -0.25) is 0 Å². The first-order valence-electron chi connectivity index (χ1n) is 6.24. The van der Waals surface area contributed by atoms with E-state index < -0.39 is 15.8 Å². The van der Waals surface area contributed by atoms with E-state index in [1.165, 1.54) is 12.1 Å². The predicted octanol–water partition coefficient (Wildman–Crippen LogP) is 2.21. The summed E-state index contributed by atoms with van der Waals surface area (Å²) in [4.78, 5) is -0.0628. The predicted molar refractivity (Wildman–Crippen MR) is 81.0 cm³/mol. The number of benzene rings is 1. The minimum atomic E-state index is -3.73. The molecule has 0 heterocycles. The maximum atomic E-state index is 13.3. The summed E-state index contributed by atoms with van der Waals surface area (Å²) < 4.78 is 40.1. The molecule has 0 saturated carbocycles. The Hall–Kier alpha value is -0.690. The molecule has 116 valence electrons. The lowest BCUT2D eigenvalue weighted by molar-refractivity contribution is 0.465. The van der Waals surface area contributed by atoms with Crippen molar-refractivity contribution in [3.63, 3.8) is 0 Å². The van der Waals surface area contributed by atoms with Crippen LogP contribution in [-0.4, -0.2) is 21.0 Å². The van der Waals surface area contributed by atoms with Crippen molar-refractivity contribution in [2.24, 2.45) is 11.7 Å². The van der Waals surface area contributed by atoms with Crippen molar-refractivity contribution >= 4 is 22.4 Å². The van der Waals surface area contributed by atoms with Crippen molar-refractivity contribution in [3.05, 3.63) is 29.6 Å². The Morgan fingerprint density at radius 2 is 1.90 bits per heavy atom. The Kier molecular flexibility index (Phi) is 7.65. The van der Waals surface area contributed by atoms with Gasteiger partial charge in [-0.25, -0.2) is 17.5 Å². The second-order valence-corrected chi connectivity index (χ2v) is 6.86. The molecule has 1 aromatic rings. The van der Waals surface area contributed by atoms with Gasteiger partial charge in [-0.15, -0.1) is 12.4 Å². The van der Waals surface area contributed by atoms with Gasteiger partial charge in [0.2, 0.25) is 10.0 Å². The molecule has 0 amide bonds. The van der Waals surface area contributed by atoms with Crippen LogP contribution in [0.2, 0.25) is 0 Å². The van der Waals surface area contributed by atoms with Crippen LogP contribution in [0, 0.1) is 18.7 Å². The molecule has 3 N–H and O–H groups in total. The zero-order valence-electron chi connectivity index (χ0n) is 11.9. The number of rotatable bonds is 6. The molecule has 0 aliphatic heterocycles. The number of halogens is 2. The molecule has 20 heavy (non-hydrogen) atoms. The highest BCUT2D eigenvalue weighted by molar-refractivity contribution is 7.89. The first kappa shape index (κ1) is 19.3. The van der Waals surface area contributed by atoms with Crippen LogP contribution in [0.3, 0.4) is 0 Å². The number of hydrogen-bond acceptors (Lipinski definition) is 3. The molecular formula is C13H22ClFN2O2S. The molecule has 0 spiro atoms. The van der Waals surface area contributed by atoms with E-state index in [9.17, 15) is 12.8 Å². The molecule has 1 aromatic carbocycles. The van der Waals surface area contributed by atoms with Crippen molar-refractivity contribution in [1.82, 2.24) is 4.72 Å². The van der Waals surface area contributed by atoms with Gasteiger partial charge < -0.3 is 5.73 Å². The Morgan fingerprint density at radius 3 is 2.35 bits per heavy atom. The Labute approximate surface area is 126 Å². The fraction of sp³-hybridized carbons (Fsp3) is 0.538. The zero-order valence-corrected chi connectivity index (χ0v) is 13.5. The molecule has 0 aliphatic rings. The summed E-state index contributed by atoms with van der Waals surface area (Å²) in [7, 11) is -3.73. The van der Waals surface area contributed by atoms with Crippen molar-refractivity contribution in [1.29, 1.82) is 0 Å². The SMILES string of the molecule is Cc1cc(F)cc(S(=O)(=O)NC(CN)CC(C)C)c1.Cl. The summed E-state index contributed by atoms with van der Waals surface area (Å²) >= 11 is 0. The molecule has 1 rings (SSSR count). The topological polar surface area (TPSA) is 72.2 Å². The van der Waals surface area contributed by atoms with Gasteiger partial charge in [0.05, 0.1) is 4.90 Å². The molecule has 1 unspecified atom stereocenters. The van der Waals surface area contributed by atoms with Crippen LogP contribution in [0.1, 0.15) is 25.8 Å². The van der Waals surface area contributed by atoms with Crippen LogP contribution >= 0.6 is 12.4 Å². The number of nitrogens with one attached hydrogen (secondary N) is 1. The summed E-state index contributed by atoms with van der Waals surface area (Å²) in [5, 5.41) is 0. The van der Waals surface area contributed by atoms with Gasteiger partial charge in [-0.2, -0.15) is 0 Å². The molecule has 0 radical (unpaired) electrons. The summed E-state index contributed by atoms with van der Waals surface area (Å²) in [5.74, 6) is -0.237. The van der Waals surface area contributed by atoms with Crippen LogP contribution < -0.4 is 10.5 Å². The lowest BCUT2D eigenvalue weighted by atomic mass is 10.1. The molecule has 0 aliphatic carbocycles. The van der Waals surface area contributed by atoms with Gasteiger partial charge in [0.25, 0.3) is 0 Å². The second kappa shape index (κ2) is 7.93. The quantitative estimate of drug-likeness (QED) is 0.842. The van der Waals surface area contributed by atoms with Gasteiger partial charge >= 0.3 is 0 Å². The maximum absolute atomic E-state index is 13.3. The molecular weight excluding hydrogens is 303 g/mol. The summed E-state index contributed by atoms with van der Waals surface area (Å²) in [5.41, 5.74) is 6.13. The van der Waals surface area contributed by atoms with Crippen LogP contribution in [0.25, 0.3) is 0 Å². The molecule has 0 saturated heterocycles. The van der Waals surface area contributed by atoms with Gasteiger partial charge in [-0.05, 0) is 43.0 Å². The van der Waals surface area contributed by atoms with Crippen molar-refractivity contribution in [2.45, 2.75) is 38.1 Å². The van der Waals surface area contributed by atoms with E-state index in [0.29, 0.717) is 17.9 Å². The fourth-order valence-electron chi connectivity index (χ4n) is 1.91. The van der Waals surface area contributed by atoms with Gasteiger partial charge in [0, 0.05) is 12.6 Å². The van der Waals surface area contributed by atoms with Crippen molar-refractivity contribution < 1.29 is 12.8 Å². The Bertz CT molecular complexity index is 515. The average Bonchev–Trinajstić information content (AvgIpc) is 2.25. The highest BCUT2D eigenvalue weighted by Crippen LogP contribution is 2.15. The monoisotopic (exact) mass is 324 g/mol. The van der Waals surface area contributed by atoms with Crippen molar-refractivity contribution in [3.8, 4) is 0 Å². The minimum absolute atomic E-state index is 0. The molecule has 1 atom stereocenters. The van der Waals surface area contributed by atoms with E-state index in [1.54, 1.807) is 6.92 Å². The molecule has 7 heteroatoms. The fourth-order valence-corrected chi connectivity index (χ4v) is 3.28. The van der Waals surface area contributed by atoms with Gasteiger partial charge in [-0.1, -0.05) is 13.8 Å². The van der Waals surface area contributed by atoms with E-state index in [2.05, 4.69) is 4.72 Å². The normalized spacial score (nSPS) is 13.1. The van der Waals surface area contributed by atoms with E-state index >= 15 is 0 Å². The molecule has 0 aromatic heterocycles. The molecule has 0 bridgehead atoms. The average molecular weight is 325 g/mol. The third-order valence-corrected chi connectivity index (χ3v) is 4.19. The van der Waals surface area contributed by atoms with Crippen LogP contribution in [-0.2, 0) is 10.0 Å². The van der Waals surface area contributed by atoms with E-state index in [1.807, 2.05) is 13.8 Å².